The number of ether oxygens (including phenoxy) is 1. The molecular formula is C8H14N2O4S. The van der Waals surface area contributed by atoms with Crippen molar-refractivity contribution in [3.63, 3.8) is 0 Å². The lowest BCUT2D eigenvalue weighted by Crippen LogP contribution is -2.40. The van der Waals surface area contributed by atoms with Gasteiger partial charge in [0.25, 0.3) is 0 Å². The maximum Gasteiger partial charge on any atom is 0.159 e. The summed E-state index contributed by atoms with van der Waals surface area (Å²) in [4.78, 5) is 1.71. The predicted molar refractivity (Wildman–Crippen MR) is 54.3 cm³/mol. The smallest absolute Gasteiger partial charge is 0.159 e. The second-order valence-electron chi connectivity index (χ2n) is 3.55. The van der Waals surface area contributed by atoms with Crippen LogP contribution in [-0.4, -0.2) is 57.2 Å². The van der Waals surface area contributed by atoms with Gasteiger partial charge in [0.15, 0.2) is 6.23 Å². The van der Waals surface area contributed by atoms with Crippen LogP contribution >= 0.6 is 11.8 Å². The van der Waals surface area contributed by atoms with Gasteiger partial charge in [-0.15, -0.1) is 0 Å². The van der Waals surface area contributed by atoms with Crippen LogP contribution in [0.25, 0.3) is 0 Å². The summed E-state index contributed by atoms with van der Waals surface area (Å²) in [6.07, 6.45) is -1.77. The summed E-state index contributed by atoms with van der Waals surface area (Å²) >= 11 is 1.43. The molecule has 0 saturated carbocycles. The van der Waals surface area contributed by atoms with E-state index in [1.165, 1.54) is 11.8 Å². The lowest BCUT2D eigenvalue weighted by molar-refractivity contribution is -0.0729. The topological polar surface area (TPSA) is 99.2 Å². The van der Waals surface area contributed by atoms with Crippen LogP contribution in [0.15, 0.2) is 11.2 Å². The average molecular weight is 234 g/mol. The highest BCUT2D eigenvalue weighted by Gasteiger charge is 2.45. The minimum absolute atomic E-state index is 0.311. The molecule has 0 bridgehead atoms. The first-order valence-electron chi connectivity index (χ1n) is 4.62. The van der Waals surface area contributed by atoms with Crippen molar-refractivity contribution in [3.8, 4) is 0 Å². The minimum atomic E-state index is -1.06. The zero-order valence-electron chi connectivity index (χ0n) is 7.98. The number of nitrogens with two attached hydrogens (primary N) is 1. The highest BCUT2D eigenvalue weighted by atomic mass is 32.2. The van der Waals surface area contributed by atoms with Gasteiger partial charge in [-0.3, -0.25) is 0 Å². The number of thioether (sulfide) groups is 1. The standard InChI is InChI=1S/C8H14N2O4S/c9-5-1-10(3-15-5)8-7(13)6(12)4(2-11)14-8/h1,4,6-8,11-13H,2-3,9H2/t4-,6-,7-,8-/m0/s1. The molecule has 0 amide bonds. The summed E-state index contributed by atoms with van der Waals surface area (Å²) < 4.78 is 5.33. The van der Waals surface area contributed by atoms with E-state index in [0.717, 1.165) is 0 Å². The second kappa shape index (κ2) is 4.18. The maximum atomic E-state index is 9.70. The Balaban J connectivity index is 2.05. The zero-order chi connectivity index (χ0) is 11.0. The first kappa shape index (κ1) is 11.0. The predicted octanol–water partition coefficient (Wildman–Crippen LogP) is -1.81. The van der Waals surface area contributed by atoms with Crippen molar-refractivity contribution in [2.75, 3.05) is 12.5 Å². The molecule has 0 aromatic heterocycles. The summed E-state index contributed by atoms with van der Waals surface area (Å²) in [5, 5.41) is 28.8. The Hall–Kier alpha value is -0.470. The van der Waals surface area contributed by atoms with E-state index >= 15 is 0 Å². The normalized spacial score (nSPS) is 41.0. The molecule has 4 atom stereocenters. The van der Waals surface area contributed by atoms with Gasteiger partial charge >= 0.3 is 0 Å². The van der Waals surface area contributed by atoms with Crippen LogP contribution in [0.5, 0.6) is 0 Å². The molecular weight excluding hydrogens is 220 g/mol. The Morgan fingerprint density at radius 3 is 2.73 bits per heavy atom. The van der Waals surface area contributed by atoms with E-state index in [0.29, 0.717) is 10.9 Å². The van der Waals surface area contributed by atoms with Crippen LogP contribution in [-0.2, 0) is 4.74 Å². The van der Waals surface area contributed by atoms with Crippen molar-refractivity contribution in [2.45, 2.75) is 24.5 Å². The van der Waals surface area contributed by atoms with E-state index in [2.05, 4.69) is 0 Å². The van der Waals surface area contributed by atoms with Crippen LogP contribution in [0.1, 0.15) is 0 Å². The summed E-state index contributed by atoms with van der Waals surface area (Å²) in [5.41, 5.74) is 5.57. The van der Waals surface area contributed by atoms with E-state index in [9.17, 15) is 10.2 Å². The second-order valence-corrected chi connectivity index (χ2v) is 4.57. The summed E-state index contributed by atoms with van der Waals surface area (Å²) in [6, 6.07) is 0. The van der Waals surface area contributed by atoms with Gasteiger partial charge in [-0.1, -0.05) is 11.8 Å². The molecule has 0 radical (unpaired) electrons. The van der Waals surface area contributed by atoms with E-state index in [1.54, 1.807) is 11.1 Å². The Kier molecular flexibility index (Phi) is 3.08. The van der Waals surface area contributed by atoms with Gasteiger partial charge in [0.05, 0.1) is 17.5 Å². The van der Waals surface area contributed by atoms with Gasteiger partial charge in [-0.05, 0) is 0 Å². The van der Waals surface area contributed by atoms with Crippen LogP contribution in [0, 0.1) is 0 Å². The number of rotatable bonds is 2. The number of nitrogens with zero attached hydrogens (tertiary/aromatic N) is 1. The molecule has 0 spiro atoms. The Bertz CT molecular complexity index is 275. The van der Waals surface area contributed by atoms with Crippen molar-refractivity contribution in [1.29, 1.82) is 0 Å². The number of aliphatic hydroxyl groups is 3. The van der Waals surface area contributed by atoms with Gasteiger partial charge in [0.1, 0.15) is 18.3 Å². The van der Waals surface area contributed by atoms with Gasteiger partial charge in [0, 0.05) is 6.20 Å². The highest BCUT2D eigenvalue weighted by Crippen LogP contribution is 2.30. The Morgan fingerprint density at radius 1 is 1.53 bits per heavy atom. The third kappa shape index (κ3) is 1.93. The van der Waals surface area contributed by atoms with Gasteiger partial charge in [0.2, 0.25) is 0 Å². The molecule has 0 aromatic rings. The quantitative estimate of drug-likeness (QED) is 0.447. The fraction of sp³-hybridized carbons (Fsp3) is 0.750. The van der Waals surface area contributed by atoms with Gasteiger partial charge in [-0.25, -0.2) is 0 Å². The summed E-state index contributed by atoms with van der Waals surface area (Å²) in [7, 11) is 0. The fourth-order valence-electron chi connectivity index (χ4n) is 1.69. The van der Waals surface area contributed by atoms with Crippen molar-refractivity contribution in [2.24, 2.45) is 5.73 Å². The summed E-state index contributed by atoms with van der Waals surface area (Å²) in [6.45, 7) is -0.311. The number of aliphatic hydroxyl groups excluding tert-OH is 3. The molecule has 6 nitrogen and oxygen atoms in total. The van der Waals surface area contributed by atoms with Crippen LogP contribution < -0.4 is 5.73 Å². The van der Waals surface area contributed by atoms with Gasteiger partial charge < -0.3 is 30.7 Å². The SMILES string of the molecule is NC1=CN([C@H]2O[C@@H](CO)[C@H](O)[C@@H]2O)CS1. The van der Waals surface area contributed by atoms with Crippen molar-refractivity contribution in [1.82, 2.24) is 4.90 Å². The molecule has 5 N–H and O–H groups in total. The van der Waals surface area contributed by atoms with E-state index in [1.807, 2.05) is 0 Å². The molecule has 86 valence electrons. The molecule has 1 fully saturated rings. The molecule has 2 aliphatic heterocycles. The average Bonchev–Trinajstić information content (AvgIpc) is 2.74. The molecule has 0 aliphatic carbocycles. The lowest BCUT2D eigenvalue weighted by Gasteiger charge is -2.24. The first-order valence-corrected chi connectivity index (χ1v) is 5.60. The van der Waals surface area contributed by atoms with E-state index in [-0.39, 0.29) is 6.61 Å². The maximum absolute atomic E-state index is 9.70. The third-order valence-corrected chi connectivity index (χ3v) is 3.38. The Labute approximate surface area is 91.3 Å². The zero-order valence-corrected chi connectivity index (χ0v) is 8.80. The van der Waals surface area contributed by atoms with E-state index < -0.39 is 24.5 Å². The van der Waals surface area contributed by atoms with Gasteiger partial charge in [-0.2, -0.15) is 0 Å². The first-order chi connectivity index (χ1) is 7.13. The molecule has 2 rings (SSSR count). The highest BCUT2D eigenvalue weighted by molar-refractivity contribution is 8.03. The number of hydrogen-bond acceptors (Lipinski definition) is 7. The van der Waals surface area contributed by atoms with Crippen molar-refractivity contribution < 1.29 is 20.1 Å². The molecule has 2 heterocycles. The fourth-order valence-corrected chi connectivity index (χ4v) is 2.42. The molecule has 7 heteroatoms. The third-order valence-electron chi connectivity index (χ3n) is 2.52. The molecule has 15 heavy (non-hydrogen) atoms. The summed E-state index contributed by atoms with van der Waals surface area (Å²) in [5.74, 6) is 0.582. The largest absolute Gasteiger partial charge is 0.394 e. The van der Waals surface area contributed by atoms with Crippen LogP contribution in [0.2, 0.25) is 0 Å². The van der Waals surface area contributed by atoms with E-state index in [4.69, 9.17) is 15.6 Å². The Morgan fingerprint density at radius 2 is 2.27 bits per heavy atom. The molecule has 0 aromatic carbocycles. The monoisotopic (exact) mass is 234 g/mol. The van der Waals surface area contributed by atoms with Crippen molar-refractivity contribution in [3.05, 3.63) is 11.2 Å². The lowest BCUT2D eigenvalue weighted by atomic mass is 10.1. The molecule has 2 aliphatic rings. The van der Waals surface area contributed by atoms with Crippen LogP contribution in [0.4, 0.5) is 0 Å². The van der Waals surface area contributed by atoms with Crippen molar-refractivity contribution >= 4 is 11.8 Å². The molecule has 1 saturated heterocycles. The van der Waals surface area contributed by atoms with Crippen LogP contribution in [0.3, 0.4) is 0 Å². The minimum Gasteiger partial charge on any atom is -0.394 e. The molecule has 0 unspecified atom stereocenters. The number of hydrogen-bond donors (Lipinski definition) is 4.